The standard InChI is InChI=1S/C52H62ClN7O10S/c1-34(2)71(66,67)45-12-5-4-8-37(45)30-42-41(53)33-54-46(55-42)31-36-13-14-39(32-44(36)68-3)57-20-17-38(18-21-57)58-22-24-59(25-23-58)48(62)19-27-70-29-28-69-26-7-10-35-9-6-11-40-49(35)52(65)60(51(40)64)43-15-16-47(61)56-50(43)63/h4-6,8-9,11-14,32-34,38,43H,7,10,15-31H2,1-3H3,(H,56,61,63). The average molecular weight is 1010 g/mol. The molecule has 17 nitrogen and oxygen atoms in total. The number of nitrogens with one attached hydrogen (secondary N) is 1. The van der Waals surface area contributed by atoms with Crippen LogP contribution in [0.4, 0.5) is 5.69 Å². The summed E-state index contributed by atoms with van der Waals surface area (Å²) < 4.78 is 43.5. The second-order valence-electron chi connectivity index (χ2n) is 18.6. The third kappa shape index (κ3) is 11.9. The summed E-state index contributed by atoms with van der Waals surface area (Å²) >= 11 is 6.55. The van der Waals surface area contributed by atoms with Gasteiger partial charge in [-0.1, -0.05) is 48.0 Å². The van der Waals surface area contributed by atoms with Crippen molar-refractivity contribution in [1.82, 2.24) is 30.0 Å². The van der Waals surface area contributed by atoms with Crippen molar-refractivity contribution < 1.29 is 46.6 Å². The number of carbonyl (C=O) groups excluding carboxylic acids is 5. The minimum atomic E-state index is -3.50. The van der Waals surface area contributed by atoms with Gasteiger partial charge in [-0.15, -0.1) is 0 Å². The number of piperidine rings is 2. The summed E-state index contributed by atoms with van der Waals surface area (Å²) in [6.45, 7) is 9.61. The Balaban J connectivity index is 0.714. The van der Waals surface area contributed by atoms with Gasteiger partial charge < -0.3 is 24.0 Å². The number of amides is 5. The fourth-order valence-corrected chi connectivity index (χ4v) is 11.3. The van der Waals surface area contributed by atoms with Crippen LogP contribution >= 0.6 is 11.6 Å². The molecule has 0 spiro atoms. The highest BCUT2D eigenvalue weighted by molar-refractivity contribution is 7.92. The molecule has 4 aliphatic rings. The van der Waals surface area contributed by atoms with Crippen LogP contribution in [0.25, 0.3) is 0 Å². The maximum atomic E-state index is 13.3. The highest BCUT2D eigenvalue weighted by atomic mass is 35.5. The molecule has 378 valence electrons. The lowest BCUT2D eigenvalue weighted by Gasteiger charge is -2.43. The van der Waals surface area contributed by atoms with Gasteiger partial charge in [0.05, 0.1) is 65.3 Å². The molecule has 3 fully saturated rings. The predicted molar refractivity (Wildman–Crippen MR) is 265 cm³/mol. The van der Waals surface area contributed by atoms with Crippen molar-refractivity contribution in [2.75, 3.05) is 77.7 Å². The molecule has 5 amide bonds. The quantitative estimate of drug-likeness (QED) is 0.0910. The Hall–Kier alpha value is -5.79. The van der Waals surface area contributed by atoms with Gasteiger partial charge in [-0.05, 0) is 75.3 Å². The molecule has 0 bridgehead atoms. The smallest absolute Gasteiger partial charge is 0.262 e. The lowest BCUT2D eigenvalue weighted by atomic mass is 9.99. The molecule has 5 heterocycles. The number of fused-ring (bicyclic) bond motifs is 1. The van der Waals surface area contributed by atoms with Gasteiger partial charge in [-0.3, -0.25) is 39.1 Å². The zero-order valence-electron chi connectivity index (χ0n) is 40.6. The number of ether oxygens (including phenoxy) is 3. The summed E-state index contributed by atoms with van der Waals surface area (Å²) in [4.78, 5) is 80.9. The maximum Gasteiger partial charge on any atom is 0.262 e. The number of halogens is 1. The normalized spacial score (nSPS) is 18.1. The second-order valence-corrected chi connectivity index (χ2v) is 21.5. The lowest BCUT2D eigenvalue weighted by Crippen LogP contribution is -2.54. The summed E-state index contributed by atoms with van der Waals surface area (Å²) in [6.07, 6.45) is 5.84. The zero-order chi connectivity index (χ0) is 50.2. The fraction of sp³-hybridized carbons (Fsp3) is 0.481. The third-order valence-corrected chi connectivity index (χ3v) is 16.4. The molecule has 4 aliphatic heterocycles. The van der Waals surface area contributed by atoms with Crippen molar-refractivity contribution in [3.05, 3.63) is 111 Å². The minimum Gasteiger partial charge on any atom is -0.496 e. The summed E-state index contributed by atoms with van der Waals surface area (Å²) in [5, 5.41) is 2.04. The number of anilines is 1. The first kappa shape index (κ1) is 51.6. The minimum absolute atomic E-state index is 0.0671. The Morgan fingerprint density at radius 1 is 0.831 bits per heavy atom. The number of nitrogens with zero attached hydrogens (tertiary/aromatic N) is 6. The van der Waals surface area contributed by atoms with Crippen molar-refractivity contribution in [2.45, 2.75) is 93.9 Å². The molecule has 1 aromatic heterocycles. The van der Waals surface area contributed by atoms with Crippen LogP contribution in [0, 0.1) is 0 Å². The largest absolute Gasteiger partial charge is 0.496 e. The van der Waals surface area contributed by atoms with Crippen molar-refractivity contribution in [3.63, 3.8) is 0 Å². The van der Waals surface area contributed by atoms with Crippen LogP contribution in [0.3, 0.4) is 0 Å². The third-order valence-electron chi connectivity index (χ3n) is 13.9. The van der Waals surface area contributed by atoms with Crippen LogP contribution in [0.1, 0.15) is 101 Å². The van der Waals surface area contributed by atoms with Crippen molar-refractivity contribution in [2.24, 2.45) is 0 Å². The zero-order valence-corrected chi connectivity index (χ0v) is 42.1. The number of sulfone groups is 1. The lowest BCUT2D eigenvalue weighted by molar-refractivity contribution is -0.136. The van der Waals surface area contributed by atoms with Crippen molar-refractivity contribution in [1.29, 1.82) is 0 Å². The van der Waals surface area contributed by atoms with Gasteiger partial charge in [-0.2, -0.15) is 0 Å². The van der Waals surface area contributed by atoms with E-state index in [-0.39, 0.29) is 35.6 Å². The Morgan fingerprint density at radius 2 is 1.56 bits per heavy atom. The molecule has 71 heavy (non-hydrogen) atoms. The summed E-state index contributed by atoms with van der Waals surface area (Å²) in [5.41, 5.74) is 4.49. The monoisotopic (exact) mass is 1010 g/mol. The highest BCUT2D eigenvalue weighted by Crippen LogP contribution is 2.33. The number of aryl methyl sites for hydroxylation is 1. The van der Waals surface area contributed by atoms with Crippen molar-refractivity contribution in [3.8, 4) is 5.75 Å². The summed E-state index contributed by atoms with van der Waals surface area (Å²) in [7, 11) is -1.84. The Kier molecular flexibility index (Phi) is 16.8. The van der Waals surface area contributed by atoms with E-state index in [1.165, 1.54) is 0 Å². The molecule has 1 unspecified atom stereocenters. The molecule has 8 rings (SSSR count). The SMILES string of the molecule is COc1cc(N2CCC(N3CCN(C(=O)CCOCCOCCCc4cccc5c4C(=O)N(C4CCC(=O)NC4=O)C5=O)CC3)CC2)ccc1Cc1ncc(Cl)c(Cc2ccccc2S(=O)(=O)C(C)C)n1. The van der Waals surface area contributed by atoms with Gasteiger partial charge in [-0.25, -0.2) is 18.4 Å². The number of benzene rings is 3. The van der Waals surface area contributed by atoms with Crippen molar-refractivity contribution >= 4 is 56.7 Å². The number of piperazine rings is 1. The first-order valence-electron chi connectivity index (χ1n) is 24.5. The van der Waals surface area contributed by atoms with Crippen LogP contribution in [0.15, 0.2) is 71.8 Å². The van der Waals surface area contributed by atoms with E-state index in [1.807, 2.05) is 11.0 Å². The molecule has 1 N–H and O–H groups in total. The molecule has 4 aromatic rings. The average Bonchev–Trinajstić information content (AvgIpc) is 3.63. The number of hydrogen-bond acceptors (Lipinski definition) is 14. The van der Waals surface area contributed by atoms with Crippen LogP contribution in [-0.2, 0) is 53.0 Å². The molecular weight excluding hydrogens is 950 g/mol. The van der Waals surface area contributed by atoms with E-state index in [0.717, 1.165) is 60.9 Å². The first-order chi connectivity index (χ1) is 34.2. The van der Waals surface area contributed by atoms with E-state index in [2.05, 4.69) is 38.3 Å². The topological polar surface area (TPSA) is 198 Å². The van der Waals surface area contributed by atoms with Gasteiger partial charge in [0.2, 0.25) is 17.7 Å². The van der Waals surface area contributed by atoms with Crippen LogP contribution < -0.4 is 15.0 Å². The van der Waals surface area contributed by atoms with Gasteiger partial charge in [0.25, 0.3) is 11.8 Å². The fourth-order valence-electron chi connectivity index (χ4n) is 9.88. The Bertz CT molecular complexity index is 2740. The van der Waals surface area contributed by atoms with Crippen LogP contribution in [0.2, 0.25) is 5.02 Å². The summed E-state index contributed by atoms with van der Waals surface area (Å²) in [6, 6.07) is 17.8. The van der Waals surface area contributed by atoms with Crippen LogP contribution in [-0.4, -0.2) is 153 Å². The van der Waals surface area contributed by atoms with Gasteiger partial charge >= 0.3 is 0 Å². The van der Waals surface area contributed by atoms with E-state index < -0.39 is 44.8 Å². The second kappa shape index (κ2) is 23.2. The Morgan fingerprint density at radius 3 is 2.30 bits per heavy atom. The molecule has 3 aromatic carbocycles. The number of carbonyl (C=O) groups is 5. The molecular formula is C52H62ClN7O10S. The number of aromatic nitrogens is 2. The Labute approximate surface area is 420 Å². The summed E-state index contributed by atoms with van der Waals surface area (Å²) in [5.74, 6) is -0.703. The molecule has 0 saturated carbocycles. The van der Waals surface area contributed by atoms with E-state index in [4.69, 9.17) is 30.8 Å². The number of imide groups is 2. The molecule has 3 saturated heterocycles. The maximum absolute atomic E-state index is 13.3. The number of methoxy groups -OCH3 is 1. The van der Waals surface area contributed by atoms with Gasteiger partial charge in [0, 0.05) is 94.7 Å². The van der Waals surface area contributed by atoms with Gasteiger partial charge in [0.1, 0.15) is 17.6 Å². The van der Waals surface area contributed by atoms with E-state index in [1.54, 1.807) is 63.6 Å². The molecule has 19 heteroatoms. The number of hydrogen-bond donors (Lipinski definition) is 1. The van der Waals surface area contributed by atoms with Gasteiger partial charge in [0.15, 0.2) is 9.84 Å². The van der Waals surface area contributed by atoms with E-state index in [0.29, 0.717) is 104 Å². The first-order valence-corrected chi connectivity index (χ1v) is 26.4. The molecule has 1 atom stereocenters. The molecule has 0 radical (unpaired) electrons. The molecule has 0 aliphatic carbocycles. The van der Waals surface area contributed by atoms with E-state index >= 15 is 0 Å². The highest BCUT2D eigenvalue weighted by Gasteiger charge is 2.45. The number of rotatable bonds is 20. The van der Waals surface area contributed by atoms with E-state index in [9.17, 15) is 32.4 Å². The predicted octanol–water partition coefficient (Wildman–Crippen LogP) is 5.07. The van der Waals surface area contributed by atoms with Crippen LogP contribution in [0.5, 0.6) is 5.75 Å².